The van der Waals surface area contributed by atoms with E-state index in [0.717, 1.165) is 4.47 Å². The molecular formula is C15H13BrFN3. The Kier molecular flexibility index (Phi) is 4.59. The van der Waals surface area contributed by atoms with E-state index in [1.807, 2.05) is 0 Å². The van der Waals surface area contributed by atoms with Crippen molar-refractivity contribution in [2.45, 2.75) is 6.42 Å². The number of nitriles is 1. The molecule has 0 fully saturated rings. The second kappa shape index (κ2) is 6.40. The standard InChI is InChI=1S/C15H13BrFN3/c16-12-2-3-13(17)11(8-12)5-6-20-15-7-10(9-18)1-4-14(15)19/h1-4,7-8,20H,5-6,19H2. The maximum absolute atomic E-state index is 13.6. The number of hydrogen-bond acceptors (Lipinski definition) is 3. The van der Waals surface area contributed by atoms with E-state index in [1.165, 1.54) is 6.07 Å². The van der Waals surface area contributed by atoms with Gasteiger partial charge in [-0.2, -0.15) is 5.26 Å². The third kappa shape index (κ3) is 3.49. The van der Waals surface area contributed by atoms with Crippen molar-refractivity contribution in [3.8, 4) is 6.07 Å². The van der Waals surface area contributed by atoms with E-state index in [9.17, 15) is 4.39 Å². The number of hydrogen-bond donors (Lipinski definition) is 2. The second-order valence-corrected chi connectivity index (χ2v) is 5.24. The lowest BCUT2D eigenvalue weighted by Gasteiger charge is -2.10. The lowest BCUT2D eigenvalue weighted by atomic mass is 10.1. The molecule has 0 unspecified atom stereocenters. The molecule has 5 heteroatoms. The Morgan fingerprint density at radius 3 is 2.80 bits per heavy atom. The van der Waals surface area contributed by atoms with Crippen LogP contribution in [-0.2, 0) is 6.42 Å². The molecule has 3 N–H and O–H groups in total. The normalized spacial score (nSPS) is 10.1. The molecule has 0 aliphatic carbocycles. The van der Waals surface area contributed by atoms with Crippen LogP contribution < -0.4 is 11.1 Å². The first-order chi connectivity index (χ1) is 9.60. The number of halogens is 2. The van der Waals surface area contributed by atoms with Crippen molar-refractivity contribution in [3.63, 3.8) is 0 Å². The SMILES string of the molecule is N#Cc1ccc(N)c(NCCc2cc(Br)ccc2F)c1. The highest BCUT2D eigenvalue weighted by molar-refractivity contribution is 9.10. The summed E-state index contributed by atoms with van der Waals surface area (Å²) in [5.74, 6) is -0.228. The Balaban J connectivity index is 2.03. The number of rotatable bonds is 4. The minimum absolute atomic E-state index is 0.228. The zero-order valence-electron chi connectivity index (χ0n) is 10.7. The minimum atomic E-state index is -0.228. The number of nitrogens with zero attached hydrogens (tertiary/aromatic N) is 1. The third-order valence-corrected chi connectivity index (χ3v) is 3.39. The zero-order valence-corrected chi connectivity index (χ0v) is 12.2. The second-order valence-electron chi connectivity index (χ2n) is 4.33. The number of anilines is 2. The summed E-state index contributed by atoms with van der Waals surface area (Å²) in [6.45, 7) is 0.534. The van der Waals surface area contributed by atoms with Crippen molar-refractivity contribution < 1.29 is 4.39 Å². The fourth-order valence-electron chi connectivity index (χ4n) is 1.85. The summed E-state index contributed by atoms with van der Waals surface area (Å²) >= 11 is 3.32. The van der Waals surface area contributed by atoms with Gasteiger partial charge in [-0.3, -0.25) is 0 Å². The molecule has 0 bridgehead atoms. The van der Waals surface area contributed by atoms with Gasteiger partial charge in [0, 0.05) is 11.0 Å². The maximum Gasteiger partial charge on any atom is 0.126 e. The van der Waals surface area contributed by atoms with Crippen LogP contribution >= 0.6 is 15.9 Å². The molecule has 0 amide bonds. The monoisotopic (exact) mass is 333 g/mol. The maximum atomic E-state index is 13.6. The van der Waals surface area contributed by atoms with E-state index in [1.54, 1.807) is 30.3 Å². The Hall–Kier alpha value is -2.06. The van der Waals surface area contributed by atoms with Crippen molar-refractivity contribution in [3.05, 3.63) is 57.8 Å². The molecule has 2 aromatic carbocycles. The quantitative estimate of drug-likeness (QED) is 0.838. The Morgan fingerprint density at radius 1 is 1.25 bits per heavy atom. The van der Waals surface area contributed by atoms with Gasteiger partial charge in [-0.25, -0.2) is 4.39 Å². The summed E-state index contributed by atoms with van der Waals surface area (Å²) < 4.78 is 14.4. The summed E-state index contributed by atoms with van der Waals surface area (Å²) in [5.41, 5.74) is 8.25. The number of nitrogen functional groups attached to an aromatic ring is 1. The van der Waals surface area contributed by atoms with E-state index >= 15 is 0 Å². The first kappa shape index (κ1) is 14.4. The predicted molar refractivity (Wildman–Crippen MR) is 81.9 cm³/mol. The molecule has 0 spiro atoms. The minimum Gasteiger partial charge on any atom is -0.397 e. The van der Waals surface area contributed by atoms with Crippen LogP contribution in [0.15, 0.2) is 40.9 Å². The highest BCUT2D eigenvalue weighted by Crippen LogP contribution is 2.20. The molecule has 20 heavy (non-hydrogen) atoms. The average Bonchev–Trinajstić information content (AvgIpc) is 2.44. The largest absolute Gasteiger partial charge is 0.397 e. The topological polar surface area (TPSA) is 61.8 Å². The van der Waals surface area contributed by atoms with Crippen molar-refractivity contribution in [2.24, 2.45) is 0 Å². The Labute approximate surface area is 125 Å². The third-order valence-electron chi connectivity index (χ3n) is 2.90. The summed E-state index contributed by atoms with van der Waals surface area (Å²) in [7, 11) is 0. The predicted octanol–water partition coefficient (Wildman–Crippen LogP) is 3.70. The molecule has 2 rings (SSSR count). The zero-order chi connectivity index (χ0) is 14.5. The van der Waals surface area contributed by atoms with E-state index in [2.05, 4.69) is 27.3 Å². The summed E-state index contributed by atoms with van der Waals surface area (Å²) in [4.78, 5) is 0. The van der Waals surface area contributed by atoms with Crippen molar-refractivity contribution in [2.75, 3.05) is 17.6 Å². The van der Waals surface area contributed by atoms with E-state index < -0.39 is 0 Å². The molecule has 0 aromatic heterocycles. The molecule has 2 aromatic rings. The van der Waals surface area contributed by atoms with E-state index in [4.69, 9.17) is 11.0 Å². The first-order valence-corrected chi connectivity index (χ1v) is 6.87. The molecule has 3 nitrogen and oxygen atoms in total. The van der Waals surface area contributed by atoms with E-state index in [-0.39, 0.29) is 5.82 Å². The van der Waals surface area contributed by atoms with Crippen LogP contribution in [0.4, 0.5) is 15.8 Å². The van der Waals surface area contributed by atoms with Crippen LogP contribution in [0.2, 0.25) is 0 Å². The number of nitrogens with two attached hydrogens (primary N) is 1. The lowest BCUT2D eigenvalue weighted by Crippen LogP contribution is -2.08. The molecule has 0 saturated carbocycles. The van der Waals surface area contributed by atoms with Crippen molar-refractivity contribution in [1.82, 2.24) is 0 Å². The number of nitrogens with one attached hydrogen (secondary N) is 1. The average molecular weight is 334 g/mol. The van der Waals surface area contributed by atoms with Crippen molar-refractivity contribution >= 4 is 27.3 Å². The highest BCUT2D eigenvalue weighted by Gasteiger charge is 2.04. The number of benzene rings is 2. The van der Waals surface area contributed by atoms with Crippen molar-refractivity contribution in [1.29, 1.82) is 5.26 Å². The Morgan fingerprint density at radius 2 is 2.05 bits per heavy atom. The van der Waals surface area contributed by atoms with Crippen LogP contribution in [0.25, 0.3) is 0 Å². The summed E-state index contributed by atoms with van der Waals surface area (Å²) in [6, 6.07) is 11.9. The molecule has 0 aliphatic rings. The summed E-state index contributed by atoms with van der Waals surface area (Å²) in [6.07, 6.45) is 0.529. The molecule has 0 radical (unpaired) electrons. The van der Waals surface area contributed by atoms with Crippen LogP contribution in [0.3, 0.4) is 0 Å². The van der Waals surface area contributed by atoms with Gasteiger partial charge >= 0.3 is 0 Å². The molecule has 0 aliphatic heterocycles. The molecule has 0 heterocycles. The fraction of sp³-hybridized carbons (Fsp3) is 0.133. The van der Waals surface area contributed by atoms with Gasteiger partial charge in [-0.05, 0) is 48.4 Å². The first-order valence-electron chi connectivity index (χ1n) is 6.07. The van der Waals surface area contributed by atoms with Crippen LogP contribution in [0.5, 0.6) is 0 Å². The van der Waals surface area contributed by atoms with Gasteiger partial charge in [0.2, 0.25) is 0 Å². The van der Waals surface area contributed by atoms with E-state index in [0.29, 0.717) is 35.5 Å². The van der Waals surface area contributed by atoms with Gasteiger partial charge in [0.25, 0.3) is 0 Å². The van der Waals surface area contributed by atoms with Gasteiger partial charge in [-0.15, -0.1) is 0 Å². The van der Waals surface area contributed by atoms with Crippen LogP contribution in [0.1, 0.15) is 11.1 Å². The van der Waals surface area contributed by atoms with Gasteiger partial charge in [-0.1, -0.05) is 15.9 Å². The van der Waals surface area contributed by atoms with Gasteiger partial charge in [0.05, 0.1) is 23.0 Å². The lowest BCUT2D eigenvalue weighted by molar-refractivity contribution is 0.610. The molecular weight excluding hydrogens is 321 g/mol. The van der Waals surface area contributed by atoms with Crippen LogP contribution in [-0.4, -0.2) is 6.54 Å². The van der Waals surface area contributed by atoms with Gasteiger partial charge < -0.3 is 11.1 Å². The molecule has 0 saturated heterocycles. The van der Waals surface area contributed by atoms with Crippen LogP contribution in [0, 0.1) is 17.1 Å². The molecule has 102 valence electrons. The molecule has 0 atom stereocenters. The smallest absolute Gasteiger partial charge is 0.126 e. The fourth-order valence-corrected chi connectivity index (χ4v) is 2.25. The van der Waals surface area contributed by atoms with Gasteiger partial charge in [0.1, 0.15) is 5.82 Å². The summed E-state index contributed by atoms with van der Waals surface area (Å²) in [5, 5.41) is 12.0. The Bertz CT molecular complexity index is 665. The van der Waals surface area contributed by atoms with Gasteiger partial charge in [0.15, 0.2) is 0 Å². The highest BCUT2D eigenvalue weighted by atomic mass is 79.9.